The summed E-state index contributed by atoms with van der Waals surface area (Å²) >= 11 is 0. The van der Waals surface area contributed by atoms with E-state index in [0.717, 1.165) is 27.6 Å². The molecule has 2 aliphatic heterocycles. The third-order valence-corrected chi connectivity index (χ3v) is 8.87. The number of aromatic nitrogens is 3. The van der Waals surface area contributed by atoms with Gasteiger partial charge in [0.1, 0.15) is 0 Å². The van der Waals surface area contributed by atoms with Crippen LogP contribution < -0.4 is 130 Å². The number of carbonyl (C=O) groups excluding carboxylic acids is 2. The molecule has 239 valence electrons. The number of carboxylic acids is 3. The molecule has 48 heavy (non-hydrogen) atoms. The minimum atomic E-state index is -1.43. The summed E-state index contributed by atoms with van der Waals surface area (Å²) in [6.45, 7) is 13.5. The fourth-order valence-corrected chi connectivity index (χ4v) is 6.45. The summed E-state index contributed by atoms with van der Waals surface area (Å²) in [4.78, 5) is 50.8. The van der Waals surface area contributed by atoms with E-state index in [4.69, 9.17) is 15.0 Å². The number of carboxylic acid groups (broad SMARTS) is 3. The van der Waals surface area contributed by atoms with Crippen LogP contribution in [0.4, 0.5) is 0 Å². The monoisotopic (exact) mass is 725 g/mol. The molecular formula is C34H33CuN4Na3O6. The van der Waals surface area contributed by atoms with Gasteiger partial charge in [-0.3, -0.25) is 0 Å². The third kappa shape index (κ3) is 8.52. The normalized spacial score (nSPS) is 16.0. The van der Waals surface area contributed by atoms with E-state index < -0.39 is 30.2 Å². The Morgan fingerprint density at radius 1 is 0.917 bits per heavy atom. The molecule has 2 aliphatic rings. The van der Waals surface area contributed by atoms with Gasteiger partial charge in [0.25, 0.3) is 0 Å². The minimum Gasteiger partial charge on any atom is -0.657 e. The Bertz CT molecular complexity index is 1940. The molecule has 5 rings (SSSR count). The molecule has 3 aromatic heterocycles. The zero-order valence-corrected chi connectivity index (χ0v) is 35.6. The maximum absolute atomic E-state index is 12.6. The van der Waals surface area contributed by atoms with Crippen LogP contribution in [0.1, 0.15) is 94.1 Å². The molecule has 0 aliphatic carbocycles. The van der Waals surface area contributed by atoms with Crippen LogP contribution in [0.3, 0.4) is 0 Å². The molecule has 3 aromatic rings. The van der Waals surface area contributed by atoms with Gasteiger partial charge in [0.05, 0.1) is 0 Å². The Morgan fingerprint density at radius 2 is 1.54 bits per heavy atom. The van der Waals surface area contributed by atoms with Crippen molar-refractivity contribution in [1.29, 1.82) is 0 Å². The van der Waals surface area contributed by atoms with Crippen LogP contribution in [0.25, 0.3) is 29.9 Å². The van der Waals surface area contributed by atoms with E-state index in [-0.39, 0.29) is 141 Å². The van der Waals surface area contributed by atoms with Gasteiger partial charge in [0.2, 0.25) is 0 Å². The number of allylic oxidation sites excluding steroid dienone is 2. The average molecular weight is 726 g/mol. The number of hydrogen-bond acceptors (Lipinski definition) is 6. The SMILES string of the molecule is C=Cc1c2[n-]c(c1C)C=C1NC(=C(CC(=O)[O-])c3[n-]c(c(C)c3C(=O)O)C=c3[n-]c(c(C)c3CC)=C2)C(CCC(=O)[O-])C1C.[Cu+2].[Na+].[Na+].[Na+]. The minimum absolute atomic E-state index is 0. The molecule has 1 radical (unpaired) electrons. The summed E-state index contributed by atoms with van der Waals surface area (Å²) in [5.41, 5.74) is 6.81. The topological polar surface area (TPSA) is 172 Å². The second-order valence-corrected chi connectivity index (χ2v) is 11.4. The maximum Gasteiger partial charge on any atom is 2.00 e. The Hall–Kier alpha value is -1.47. The summed E-state index contributed by atoms with van der Waals surface area (Å²) in [5.74, 6) is -4.72. The molecule has 1 fully saturated rings. The van der Waals surface area contributed by atoms with Gasteiger partial charge in [0, 0.05) is 47.2 Å². The molecule has 5 heterocycles. The molecular weight excluding hydrogens is 693 g/mol. The van der Waals surface area contributed by atoms with Crippen molar-refractivity contribution in [2.75, 3.05) is 0 Å². The van der Waals surface area contributed by atoms with Crippen molar-refractivity contribution in [2.24, 2.45) is 11.8 Å². The number of nitrogens with one attached hydrogen (secondary N) is 1. The second-order valence-electron chi connectivity index (χ2n) is 11.4. The Morgan fingerprint density at radius 3 is 2.10 bits per heavy atom. The molecule has 2 atom stereocenters. The van der Waals surface area contributed by atoms with Crippen molar-refractivity contribution in [3.63, 3.8) is 0 Å². The molecule has 2 unspecified atom stereocenters. The van der Waals surface area contributed by atoms with Gasteiger partial charge in [0.15, 0.2) is 0 Å². The van der Waals surface area contributed by atoms with E-state index >= 15 is 0 Å². The van der Waals surface area contributed by atoms with Gasteiger partial charge in [-0.2, -0.15) is 0 Å². The molecule has 14 heteroatoms. The number of rotatable bonds is 8. The molecule has 10 nitrogen and oxygen atoms in total. The van der Waals surface area contributed by atoms with Gasteiger partial charge < -0.3 is 45.2 Å². The van der Waals surface area contributed by atoms with E-state index in [2.05, 4.69) is 11.9 Å². The van der Waals surface area contributed by atoms with E-state index in [1.54, 1.807) is 19.1 Å². The van der Waals surface area contributed by atoms with Crippen LogP contribution in [-0.4, -0.2) is 23.0 Å². The van der Waals surface area contributed by atoms with Crippen LogP contribution in [0.5, 0.6) is 0 Å². The Balaban J connectivity index is 0.00000288. The van der Waals surface area contributed by atoms with Crippen molar-refractivity contribution >= 4 is 47.8 Å². The number of fused-ring (bicyclic) bond motifs is 8. The van der Waals surface area contributed by atoms with E-state index in [0.29, 0.717) is 45.8 Å². The number of carbonyl (C=O) groups is 3. The first kappa shape index (κ1) is 44.6. The van der Waals surface area contributed by atoms with Gasteiger partial charge in [-0.15, -0.1) is 33.5 Å². The van der Waals surface area contributed by atoms with Gasteiger partial charge in [-0.05, 0) is 51.2 Å². The summed E-state index contributed by atoms with van der Waals surface area (Å²) < 4.78 is 0. The molecule has 8 bridgehead atoms. The largest absolute Gasteiger partial charge is 2.00 e. The summed E-state index contributed by atoms with van der Waals surface area (Å²) in [7, 11) is 0. The molecule has 0 amide bonds. The summed E-state index contributed by atoms with van der Waals surface area (Å²) in [6.07, 6.45) is 7.14. The van der Waals surface area contributed by atoms with Crippen LogP contribution in [0.15, 0.2) is 18.0 Å². The maximum atomic E-state index is 12.6. The van der Waals surface area contributed by atoms with Crippen LogP contribution in [0.2, 0.25) is 0 Å². The Labute approximate surface area is 356 Å². The van der Waals surface area contributed by atoms with Crippen molar-refractivity contribution in [3.05, 3.63) is 84.8 Å². The smallest absolute Gasteiger partial charge is 0.657 e. The average Bonchev–Trinajstić information content (AvgIpc) is 3.63. The third-order valence-electron chi connectivity index (χ3n) is 8.87. The molecule has 1 saturated heterocycles. The Kier molecular flexibility index (Phi) is 16.8. The fourth-order valence-electron chi connectivity index (χ4n) is 6.45. The standard InChI is InChI=1S/C34H35N4O6.Cu.3Na/c1-7-19-15(3)23-12-25-17(5)21(9-10-29(39)40)32(37-25)22(11-30(41)42)33-31(34(43)44)18(6)26(38-33)14-28-20(8-2)16(4)24(36-28)13-27(19)35-23;;;;/h7,12-14,17,21,37H,1,8-11H2,2-6H3,(H,39,40)(H,41,42)(H,43,44);;;;/q-3;+2;3*+1/p-2. The predicted octanol–water partition coefficient (Wildman–Crippen LogP) is -8.35. The zero-order valence-electron chi connectivity index (χ0n) is 28.6. The molecule has 0 spiro atoms. The van der Waals surface area contributed by atoms with Gasteiger partial charge in [-0.1, -0.05) is 67.0 Å². The number of aromatic carboxylic acids is 1. The first-order valence-electron chi connectivity index (χ1n) is 14.5. The second kappa shape index (κ2) is 18.1. The van der Waals surface area contributed by atoms with Crippen molar-refractivity contribution in [3.8, 4) is 0 Å². The van der Waals surface area contributed by atoms with Crippen LogP contribution in [-0.2, 0) is 33.1 Å². The number of nitrogens with zero attached hydrogens (tertiary/aromatic N) is 3. The van der Waals surface area contributed by atoms with Crippen molar-refractivity contribution < 1.29 is 135 Å². The summed E-state index contributed by atoms with van der Waals surface area (Å²) in [6, 6.07) is 0. The molecule has 0 saturated carbocycles. The quantitative estimate of drug-likeness (QED) is 0.213. The summed E-state index contributed by atoms with van der Waals surface area (Å²) in [5, 5.41) is 38.7. The van der Waals surface area contributed by atoms with Crippen LogP contribution in [0, 0.1) is 32.6 Å². The number of aliphatic carboxylic acids is 2. The first-order chi connectivity index (χ1) is 20.9. The molecule has 2 N–H and O–H groups in total. The van der Waals surface area contributed by atoms with Gasteiger partial charge >= 0.3 is 112 Å². The first-order valence-corrected chi connectivity index (χ1v) is 14.5. The van der Waals surface area contributed by atoms with E-state index in [9.17, 15) is 29.7 Å². The van der Waals surface area contributed by atoms with E-state index in [1.165, 1.54) is 0 Å². The van der Waals surface area contributed by atoms with Gasteiger partial charge in [-0.25, -0.2) is 4.79 Å². The fraction of sp³-hybridized carbons (Fsp3) is 0.324. The zero-order chi connectivity index (χ0) is 32.0. The van der Waals surface area contributed by atoms with Crippen LogP contribution >= 0.6 is 0 Å². The predicted molar refractivity (Wildman–Crippen MR) is 161 cm³/mol. The van der Waals surface area contributed by atoms with Crippen molar-refractivity contribution in [1.82, 2.24) is 20.3 Å². The molecule has 0 aromatic carbocycles. The van der Waals surface area contributed by atoms with E-state index in [1.807, 2.05) is 39.8 Å². The number of hydrogen-bond donors (Lipinski definition) is 2. The van der Waals surface area contributed by atoms with Crippen molar-refractivity contribution in [2.45, 2.75) is 60.3 Å².